The van der Waals surface area contributed by atoms with Gasteiger partial charge in [0.15, 0.2) is 11.5 Å². The van der Waals surface area contributed by atoms with Gasteiger partial charge in [0.05, 0.1) is 11.5 Å². The van der Waals surface area contributed by atoms with Crippen LogP contribution in [-0.2, 0) is 11.8 Å². The molecule has 8 heteroatoms. The Bertz CT molecular complexity index is 858. The molecule has 0 fully saturated rings. The van der Waals surface area contributed by atoms with Gasteiger partial charge in [-0.3, -0.25) is 15.2 Å². The number of rotatable bonds is 5. The normalized spacial score (nSPS) is 11.8. The first-order valence-corrected chi connectivity index (χ1v) is 7.65. The lowest BCUT2D eigenvalue weighted by molar-refractivity contribution is -0.384. The van der Waals surface area contributed by atoms with E-state index in [1.807, 2.05) is 10.6 Å². The summed E-state index contributed by atoms with van der Waals surface area (Å²) in [5.74, 6) is 1.37. The number of nitro benzene ring substituents is 1. The molecule has 0 aliphatic carbocycles. The number of H-pyrrole nitrogens is 1. The van der Waals surface area contributed by atoms with Crippen molar-refractivity contribution in [2.45, 2.75) is 32.6 Å². The number of benzene rings is 1. The lowest BCUT2D eigenvalue weighted by Crippen LogP contribution is -2.13. The summed E-state index contributed by atoms with van der Waals surface area (Å²) in [7, 11) is 0. The molecule has 3 aromatic rings. The van der Waals surface area contributed by atoms with Gasteiger partial charge in [-0.1, -0.05) is 20.8 Å². The minimum absolute atomic E-state index is 0.00717. The van der Waals surface area contributed by atoms with Crippen LogP contribution >= 0.6 is 0 Å². The molecule has 8 nitrogen and oxygen atoms in total. The number of nitrogens with zero attached hydrogens (tertiary/aromatic N) is 4. The van der Waals surface area contributed by atoms with Crippen LogP contribution in [0.5, 0.6) is 5.75 Å². The minimum Gasteiger partial charge on any atom is -0.493 e. The van der Waals surface area contributed by atoms with Gasteiger partial charge in [-0.25, -0.2) is 4.52 Å². The minimum atomic E-state index is -0.436. The van der Waals surface area contributed by atoms with Crippen molar-refractivity contribution in [1.29, 1.82) is 0 Å². The zero-order valence-electron chi connectivity index (χ0n) is 13.8. The fourth-order valence-electron chi connectivity index (χ4n) is 2.30. The van der Waals surface area contributed by atoms with Crippen LogP contribution in [0.1, 0.15) is 32.3 Å². The van der Waals surface area contributed by atoms with Gasteiger partial charge in [-0.2, -0.15) is 0 Å². The maximum absolute atomic E-state index is 10.6. The van der Waals surface area contributed by atoms with E-state index >= 15 is 0 Å². The maximum atomic E-state index is 10.6. The highest BCUT2D eigenvalue weighted by molar-refractivity contribution is 5.41. The summed E-state index contributed by atoms with van der Waals surface area (Å²) in [6.07, 6.45) is 0.572. The van der Waals surface area contributed by atoms with Crippen LogP contribution in [0, 0.1) is 10.1 Å². The van der Waals surface area contributed by atoms with Crippen LogP contribution in [0.2, 0.25) is 0 Å². The number of non-ortho nitro benzene ring substituents is 1. The Kier molecular flexibility index (Phi) is 3.96. The maximum Gasteiger partial charge on any atom is 0.269 e. The largest absolute Gasteiger partial charge is 0.493 e. The third-order valence-corrected chi connectivity index (χ3v) is 3.71. The van der Waals surface area contributed by atoms with Gasteiger partial charge in [0.2, 0.25) is 0 Å². The van der Waals surface area contributed by atoms with Crippen LogP contribution in [0.4, 0.5) is 5.69 Å². The lowest BCUT2D eigenvalue weighted by atomic mass is 9.93. The molecule has 3 rings (SSSR count). The molecule has 1 aromatic carbocycles. The molecule has 0 spiro atoms. The van der Waals surface area contributed by atoms with Crippen LogP contribution in [0.25, 0.3) is 5.65 Å². The summed E-state index contributed by atoms with van der Waals surface area (Å²) in [4.78, 5) is 10.2. The van der Waals surface area contributed by atoms with Gasteiger partial charge in [-0.05, 0) is 12.1 Å². The monoisotopic (exact) mass is 329 g/mol. The van der Waals surface area contributed by atoms with E-state index in [0.717, 1.165) is 17.2 Å². The van der Waals surface area contributed by atoms with Crippen molar-refractivity contribution in [1.82, 2.24) is 19.8 Å². The average molecular weight is 329 g/mol. The van der Waals surface area contributed by atoms with Crippen LogP contribution in [0.3, 0.4) is 0 Å². The second-order valence-corrected chi connectivity index (χ2v) is 6.58. The van der Waals surface area contributed by atoms with Gasteiger partial charge >= 0.3 is 0 Å². The third-order valence-electron chi connectivity index (χ3n) is 3.71. The molecular formula is C16H19N5O3. The van der Waals surface area contributed by atoms with E-state index in [-0.39, 0.29) is 11.1 Å². The van der Waals surface area contributed by atoms with Gasteiger partial charge in [-0.15, -0.1) is 10.2 Å². The highest BCUT2D eigenvalue weighted by Crippen LogP contribution is 2.22. The topological polar surface area (TPSA) is 98.3 Å². The highest BCUT2D eigenvalue weighted by atomic mass is 16.6. The first-order chi connectivity index (χ1) is 11.3. The summed E-state index contributed by atoms with van der Waals surface area (Å²) in [5.41, 5.74) is 1.92. The van der Waals surface area contributed by atoms with Gasteiger partial charge in [0, 0.05) is 35.7 Å². The number of fused-ring (bicyclic) bond motifs is 1. The smallest absolute Gasteiger partial charge is 0.269 e. The van der Waals surface area contributed by atoms with Crippen molar-refractivity contribution in [2.75, 3.05) is 6.61 Å². The average Bonchev–Trinajstić information content (AvgIpc) is 3.09. The van der Waals surface area contributed by atoms with Crippen LogP contribution < -0.4 is 4.74 Å². The fraction of sp³-hybridized carbons (Fsp3) is 0.375. The number of nitro groups is 1. The van der Waals surface area contributed by atoms with E-state index in [4.69, 9.17) is 4.74 Å². The Morgan fingerprint density at radius 2 is 1.96 bits per heavy atom. The molecule has 2 aromatic heterocycles. The molecule has 2 heterocycles. The second-order valence-electron chi connectivity index (χ2n) is 6.58. The van der Waals surface area contributed by atoms with E-state index in [0.29, 0.717) is 18.8 Å². The number of hydrogen-bond donors (Lipinski definition) is 1. The predicted molar refractivity (Wildman–Crippen MR) is 88.3 cm³/mol. The summed E-state index contributed by atoms with van der Waals surface area (Å²) >= 11 is 0. The number of hydrogen-bond acceptors (Lipinski definition) is 5. The zero-order chi connectivity index (χ0) is 17.3. The molecule has 0 amide bonds. The molecule has 0 aliphatic heterocycles. The van der Waals surface area contributed by atoms with Crippen molar-refractivity contribution < 1.29 is 9.66 Å². The first kappa shape index (κ1) is 16.0. The predicted octanol–water partition coefficient (Wildman–Crippen LogP) is 2.88. The first-order valence-electron chi connectivity index (χ1n) is 7.65. The zero-order valence-corrected chi connectivity index (χ0v) is 13.8. The molecule has 0 saturated carbocycles. The van der Waals surface area contributed by atoms with E-state index in [1.165, 1.54) is 12.1 Å². The molecule has 0 bridgehead atoms. The third kappa shape index (κ3) is 3.22. The quantitative estimate of drug-likeness (QED) is 0.573. The Morgan fingerprint density at radius 1 is 1.25 bits per heavy atom. The van der Waals surface area contributed by atoms with Crippen LogP contribution in [-0.4, -0.2) is 31.3 Å². The molecule has 24 heavy (non-hydrogen) atoms. The molecule has 0 unspecified atom stereocenters. The number of aromatic nitrogens is 4. The molecule has 0 atom stereocenters. The Morgan fingerprint density at radius 3 is 2.58 bits per heavy atom. The van der Waals surface area contributed by atoms with Crippen molar-refractivity contribution in [2.24, 2.45) is 0 Å². The molecule has 0 saturated heterocycles. The fourth-order valence-corrected chi connectivity index (χ4v) is 2.30. The van der Waals surface area contributed by atoms with Crippen molar-refractivity contribution in [3.63, 3.8) is 0 Å². The molecule has 0 aliphatic rings. The summed E-state index contributed by atoms with van der Waals surface area (Å²) in [5, 5.41) is 22.3. The molecule has 126 valence electrons. The lowest BCUT2D eigenvalue weighted by Gasteiger charge is -2.15. The Balaban J connectivity index is 1.65. The van der Waals surface area contributed by atoms with E-state index < -0.39 is 4.92 Å². The number of aromatic amines is 1. The SMILES string of the molecule is CC(C)(C)c1cc2nnc(CCOc3ccc([N+](=O)[O-])cc3)n2[nH]1. The summed E-state index contributed by atoms with van der Waals surface area (Å²) < 4.78 is 7.48. The molecular weight excluding hydrogens is 310 g/mol. The van der Waals surface area contributed by atoms with E-state index in [2.05, 4.69) is 36.1 Å². The van der Waals surface area contributed by atoms with Gasteiger partial charge in [0.25, 0.3) is 5.69 Å². The number of ether oxygens (including phenoxy) is 1. The number of nitrogens with one attached hydrogen (secondary N) is 1. The second kappa shape index (κ2) is 5.95. The van der Waals surface area contributed by atoms with E-state index in [1.54, 1.807) is 12.1 Å². The van der Waals surface area contributed by atoms with Crippen LogP contribution in [0.15, 0.2) is 30.3 Å². The van der Waals surface area contributed by atoms with E-state index in [9.17, 15) is 10.1 Å². The van der Waals surface area contributed by atoms with Gasteiger partial charge < -0.3 is 4.74 Å². The molecule has 1 N–H and O–H groups in total. The van der Waals surface area contributed by atoms with Crippen molar-refractivity contribution >= 4 is 11.3 Å². The summed E-state index contributed by atoms with van der Waals surface area (Å²) in [6, 6.07) is 8.01. The Labute approximate surface area is 138 Å². The van der Waals surface area contributed by atoms with Gasteiger partial charge in [0.1, 0.15) is 5.75 Å². The standard InChI is InChI=1S/C16H19N5O3/c1-16(2,3)13-10-15-18-17-14(20(15)19-13)8-9-24-12-6-4-11(5-7-12)21(22)23/h4-7,10,19H,8-9H2,1-3H3. The van der Waals surface area contributed by atoms with Crippen molar-refractivity contribution in [3.8, 4) is 5.75 Å². The highest BCUT2D eigenvalue weighted by Gasteiger charge is 2.18. The summed E-state index contributed by atoms with van der Waals surface area (Å²) in [6.45, 7) is 6.79. The van der Waals surface area contributed by atoms with Crippen molar-refractivity contribution in [3.05, 3.63) is 52.0 Å². The molecule has 0 radical (unpaired) electrons. The Hall–Kier alpha value is -2.90.